The highest BCUT2D eigenvalue weighted by Crippen LogP contribution is 2.34. The average molecular weight is 435 g/mol. The Balaban J connectivity index is 1.70. The topological polar surface area (TPSA) is 92.9 Å². The van der Waals surface area contributed by atoms with Crippen molar-refractivity contribution in [3.63, 3.8) is 0 Å². The maximum atomic E-state index is 13.7. The Morgan fingerprint density at radius 1 is 1.03 bits per heavy atom. The molecule has 0 saturated carbocycles. The van der Waals surface area contributed by atoms with Crippen LogP contribution in [-0.4, -0.2) is 30.5 Å². The molecule has 4 rings (SSSR count). The van der Waals surface area contributed by atoms with Crippen molar-refractivity contribution in [3.05, 3.63) is 71.8 Å². The standard InChI is InChI=1S/C19H10F5N5O2/c20-10-2-1-3-11(21)16(10)17(31)28-14-7-26-15(8-25-14)29-13-5-4-9(30)6-12(13)27-18(29)19(22,23)24/h1-8,30H,(H,25,28,31). The van der Waals surface area contributed by atoms with Gasteiger partial charge in [0.05, 0.1) is 23.4 Å². The van der Waals surface area contributed by atoms with E-state index in [2.05, 4.69) is 20.3 Å². The predicted octanol–water partition coefficient (Wildman–Crippen LogP) is 4.07. The number of aromatic nitrogens is 4. The highest BCUT2D eigenvalue weighted by Gasteiger charge is 2.38. The van der Waals surface area contributed by atoms with Gasteiger partial charge in [0.15, 0.2) is 11.6 Å². The van der Waals surface area contributed by atoms with E-state index in [1.165, 1.54) is 12.1 Å². The number of carbonyl (C=O) groups is 1. The summed E-state index contributed by atoms with van der Waals surface area (Å²) < 4.78 is 68.5. The van der Waals surface area contributed by atoms with Crippen LogP contribution in [0.1, 0.15) is 16.2 Å². The summed E-state index contributed by atoms with van der Waals surface area (Å²) in [5.41, 5.74) is -0.959. The number of aromatic hydroxyl groups is 1. The number of imidazole rings is 1. The number of hydrogen-bond acceptors (Lipinski definition) is 5. The van der Waals surface area contributed by atoms with E-state index in [1.54, 1.807) is 0 Å². The molecule has 7 nitrogen and oxygen atoms in total. The molecule has 0 atom stereocenters. The lowest BCUT2D eigenvalue weighted by molar-refractivity contribution is -0.145. The van der Waals surface area contributed by atoms with Crippen molar-refractivity contribution < 1.29 is 31.9 Å². The molecule has 4 aromatic rings. The van der Waals surface area contributed by atoms with Crippen molar-refractivity contribution >= 4 is 22.8 Å². The number of carbonyl (C=O) groups excluding carboxylic acids is 1. The molecule has 0 radical (unpaired) electrons. The molecule has 12 heteroatoms. The number of phenols is 1. The molecule has 0 aliphatic heterocycles. The van der Waals surface area contributed by atoms with Gasteiger partial charge in [-0.05, 0) is 24.3 Å². The van der Waals surface area contributed by atoms with E-state index in [4.69, 9.17) is 0 Å². The van der Waals surface area contributed by atoms with Crippen molar-refractivity contribution in [1.82, 2.24) is 19.5 Å². The molecule has 1 amide bonds. The van der Waals surface area contributed by atoms with Gasteiger partial charge in [-0.2, -0.15) is 13.2 Å². The molecule has 0 aliphatic rings. The first-order valence-corrected chi connectivity index (χ1v) is 8.51. The molecule has 2 N–H and O–H groups in total. The summed E-state index contributed by atoms with van der Waals surface area (Å²) in [5.74, 6) is -5.42. The van der Waals surface area contributed by atoms with E-state index in [0.29, 0.717) is 4.57 Å². The molecule has 0 spiro atoms. The van der Waals surface area contributed by atoms with Gasteiger partial charge in [0.2, 0.25) is 5.82 Å². The van der Waals surface area contributed by atoms with Gasteiger partial charge >= 0.3 is 6.18 Å². The molecule has 0 saturated heterocycles. The molecule has 0 fully saturated rings. The second-order valence-corrected chi connectivity index (χ2v) is 6.25. The number of benzene rings is 2. The average Bonchev–Trinajstić information content (AvgIpc) is 3.07. The van der Waals surface area contributed by atoms with Crippen molar-refractivity contribution in [2.24, 2.45) is 0 Å². The van der Waals surface area contributed by atoms with Crippen LogP contribution in [0.25, 0.3) is 16.9 Å². The third-order valence-electron chi connectivity index (χ3n) is 4.19. The number of fused-ring (bicyclic) bond motifs is 1. The fourth-order valence-corrected chi connectivity index (χ4v) is 2.89. The number of anilines is 1. The SMILES string of the molecule is O=C(Nc1cnc(-n2c(C(F)(F)F)nc3cc(O)ccc32)cn1)c1c(F)cccc1F. The van der Waals surface area contributed by atoms with Crippen LogP contribution in [0.2, 0.25) is 0 Å². The molecule has 0 unspecified atom stereocenters. The Kier molecular flexibility index (Phi) is 4.76. The van der Waals surface area contributed by atoms with Gasteiger partial charge in [0.25, 0.3) is 5.91 Å². The number of amides is 1. The Morgan fingerprint density at radius 2 is 1.74 bits per heavy atom. The van der Waals surface area contributed by atoms with Gasteiger partial charge in [-0.25, -0.2) is 23.7 Å². The van der Waals surface area contributed by atoms with E-state index in [1.807, 2.05) is 0 Å². The number of rotatable bonds is 3. The molecule has 158 valence electrons. The number of halogens is 5. The van der Waals surface area contributed by atoms with E-state index >= 15 is 0 Å². The Bertz CT molecular complexity index is 1280. The molecule has 31 heavy (non-hydrogen) atoms. The highest BCUT2D eigenvalue weighted by atomic mass is 19.4. The van der Waals surface area contributed by atoms with Crippen LogP contribution in [-0.2, 0) is 6.18 Å². The molecule has 0 bridgehead atoms. The van der Waals surface area contributed by atoms with Crippen molar-refractivity contribution in [3.8, 4) is 11.6 Å². The van der Waals surface area contributed by atoms with Crippen molar-refractivity contribution in [1.29, 1.82) is 0 Å². The van der Waals surface area contributed by atoms with Crippen LogP contribution >= 0.6 is 0 Å². The van der Waals surface area contributed by atoms with Crippen LogP contribution < -0.4 is 5.32 Å². The van der Waals surface area contributed by atoms with E-state index in [0.717, 1.165) is 36.7 Å². The Hall–Kier alpha value is -4.09. The summed E-state index contributed by atoms with van der Waals surface area (Å²) in [7, 11) is 0. The third-order valence-corrected chi connectivity index (χ3v) is 4.19. The zero-order valence-corrected chi connectivity index (χ0v) is 15.2. The van der Waals surface area contributed by atoms with Gasteiger partial charge in [0.1, 0.15) is 22.9 Å². The predicted molar refractivity (Wildman–Crippen MR) is 97.6 cm³/mol. The van der Waals surface area contributed by atoms with Gasteiger partial charge < -0.3 is 10.4 Å². The first kappa shape index (κ1) is 20.2. The maximum absolute atomic E-state index is 13.7. The largest absolute Gasteiger partial charge is 0.508 e. The lowest BCUT2D eigenvalue weighted by Crippen LogP contribution is -2.18. The number of nitrogens with zero attached hydrogens (tertiary/aromatic N) is 4. The monoisotopic (exact) mass is 435 g/mol. The minimum Gasteiger partial charge on any atom is -0.508 e. The Morgan fingerprint density at radius 3 is 2.35 bits per heavy atom. The fourth-order valence-electron chi connectivity index (χ4n) is 2.89. The lowest BCUT2D eigenvalue weighted by Gasteiger charge is -2.11. The maximum Gasteiger partial charge on any atom is 0.450 e. The molecular weight excluding hydrogens is 425 g/mol. The van der Waals surface area contributed by atoms with Crippen molar-refractivity contribution in [2.45, 2.75) is 6.18 Å². The number of hydrogen-bond donors (Lipinski definition) is 2. The second kappa shape index (κ2) is 7.31. The number of alkyl halides is 3. The normalized spacial score (nSPS) is 11.6. The summed E-state index contributed by atoms with van der Waals surface area (Å²) in [4.78, 5) is 23.3. The lowest BCUT2D eigenvalue weighted by atomic mass is 10.2. The van der Waals surface area contributed by atoms with Crippen LogP contribution in [0.5, 0.6) is 5.75 Å². The summed E-state index contributed by atoms with van der Waals surface area (Å²) in [6.45, 7) is 0. The third kappa shape index (κ3) is 3.74. The molecule has 2 heterocycles. The summed E-state index contributed by atoms with van der Waals surface area (Å²) >= 11 is 0. The number of phenolic OH excluding ortho intramolecular Hbond substituents is 1. The minimum atomic E-state index is -4.84. The summed E-state index contributed by atoms with van der Waals surface area (Å²) in [5, 5.41) is 11.6. The minimum absolute atomic E-state index is 0.00429. The first-order chi connectivity index (χ1) is 14.6. The molecule has 2 aromatic heterocycles. The first-order valence-electron chi connectivity index (χ1n) is 8.51. The zero-order valence-electron chi connectivity index (χ0n) is 15.2. The van der Waals surface area contributed by atoms with Crippen LogP contribution in [0.4, 0.5) is 27.8 Å². The quantitative estimate of drug-likeness (QED) is 0.474. The molecule has 2 aromatic carbocycles. The van der Waals surface area contributed by atoms with Crippen LogP contribution in [0.3, 0.4) is 0 Å². The number of nitrogens with one attached hydrogen (secondary N) is 1. The summed E-state index contributed by atoms with van der Waals surface area (Å²) in [6.07, 6.45) is -2.99. The van der Waals surface area contributed by atoms with E-state index < -0.39 is 35.1 Å². The van der Waals surface area contributed by atoms with E-state index in [9.17, 15) is 31.9 Å². The zero-order chi connectivity index (χ0) is 22.3. The van der Waals surface area contributed by atoms with E-state index in [-0.39, 0.29) is 28.4 Å². The smallest absolute Gasteiger partial charge is 0.450 e. The second-order valence-electron chi connectivity index (χ2n) is 6.25. The Labute approximate surface area is 169 Å². The van der Waals surface area contributed by atoms with Gasteiger partial charge in [0, 0.05) is 6.07 Å². The van der Waals surface area contributed by atoms with Crippen LogP contribution in [0.15, 0.2) is 48.8 Å². The van der Waals surface area contributed by atoms with Gasteiger partial charge in [-0.1, -0.05) is 6.07 Å². The van der Waals surface area contributed by atoms with Gasteiger partial charge in [-0.15, -0.1) is 0 Å². The molecular formula is C19H10F5N5O2. The summed E-state index contributed by atoms with van der Waals surface area (Å²) in [6, 6.07) is 6.35. The molecule has 0 aliphatic carbocycles. The van der Waals surface area contributed by atoms with Gasteiger partial charge in [-0.3, -0.25) is 9.36 Å². The highest BCUT2D eigenvalue weighted by molar-refractivity contribution is 6.04. The van der Waals surface area contributed by atoms with Crippen LogP contribution in [0, 0.1) is 11.6 Å². The van der Waals surface area contributed by atoms with Crippen molar-refractivity contribution in [2.75, 3.05) is 5.32 Å². The fraction of sp³-hybridized carbons (Fsp3) is 0.0526.